The summed E-state index contributed by atoms with van der Waals surface area (Å²) in [6, 6.07) is 7.70. The van der Waals surface area contributed by atoms with Crippen LogP contribution in [-0.4, -0.2) is 61.5 Å². The van der Waals surface area contributed by atoms with Gasteiger partial charge in [0.2, 0.25) is 5.91 Å². The molecule has 3 fully saturated rings. The van der Waals surface area contributed by atoms with E-state index in [1.54, 1.807) is 0 Å². The van der Waals surface area contributed by atoms with E-state index in [0.717, 1.165) is 37.7 Å². The third-order valence-electron chi connectivity index (χ3n) is 5.92. The molecule has 1 amide bonds. The molecule has 2 saturated heterocycles. The Hall–Kier alpha value is -1.10. The van der Waals surface area contributed by atoms with Gasteiger partial charge in [0.1, 0.15) is 0 Å². The van der Waals surface area contributed by atoms with Gasteiger partial charge in [-0.2, -0.15) is 0 Å². The summed E-state index contributed by atoms with van der Waals surface area (Å²) in [5.41, 5.74) is 0.858. The summed E-state index contributed by atoms with van der Waals surface area (Å²) in [6.45, 7) is 5.30. The molecule has 0 aromatic heterocycles. The highest BCUT2D eigenvalue weighted by atomic mass is 35.5. The molecule has 2 heterocycles. The number of carbonyl (C=O) groups excluding carboxylic acids is 1. The van der Waals surface area contributed by atoms with Gasteiger partial charge in [-0.3, -0.25) is 9.69 Å². The van der Waals surface area contributed by atoms with E-state index in [1.807, 2.05) is 29.2 Å². The van der Waals surface area contributed by atoms with Crippen molar-refractivity contribution in [2.75, 3.05) is 44.7 Å². The van der Waals surface area contributed by atoms with Gasteiger partial charge < -0.3 is 9.80 Å². The quantitative estimate of drug-likeness (QED) is 0.779. The predicted octanol–water partition coefficient (Wildman–Crippen LogP) is 3.11. The van der Waals surface area contributed by atoms with Crippen molar-refractivity contribution in [3.63, 3.8) is 0 Å². The van der Waals surface area contributed by atoms with Crippen molar-refractivity contribution in [3.05, 3.63) is 29.3 Å². The van der Waals surface area contributed by atoms with Gasteiger partial charge in [0.25, 0.3) is 0 Å². The molecule has 5 heteroatoms. The SMILES string of the molecule is CN(CC1CC1)C[C@@H]1CCN([C@@H]2CCN(c3ccccc3Cl)C2=O)C1. The minimum atomic E-state index is 0.0370. The number of hydrogen-bond acceptors (Lipinski definition) is 3. The van der Waals surface area contributed by atoms with Crippen LogP contribution in [-0.2, 0) is 4.79 Å². The van der Waals surface area contributed by atoms with Crippen LogP contribution in [0.15, 0.2) is 24.3 Å². The maximum atomic E-state index is 12.9. The van der Waals surface area contributed by atoms with Crippen LogP contribution in [0.2, 0.25) is 5.02 Å². The van der Waals surface area contributed by atoms with E-state index in [1.165, 1.54) is 32.4 Å². The topological polar surface area (TPSA) is 26.8 Å². The molecular formula is C20H28ClN3O. The standard InChI is InChI=1S/C20H28ClN3O/c1-22(12-15-6-7-15)13-16-8-10-23(14-16)19-9-11-24(20(19)25)18-5-3-2-4-17(18)21/h2-5,15-16,19H,6-14H2,1H3/t16-,19+/m0/s1. The summed E-state index contributed by atoms with van der Waals surface area (Å²) < 4.78 is 0. The predicted molar refractivity (Wildman–Crippen MR) is 102 cm³/mol. The van der Waals surface area contributed by atoms with Crippen LogP contribution in [0, 0.1) is 11.8 Å². The van der Waals surface area contributed by atoms with Crippen LogP contribution >= 0.6 is 11.6 Å². The minimum absolute atomic E-state index is 0.0370. The first kappa shape index (κ1) is 17.3. The zero-order valence-corrected chi connectivity index (χ0v) is 15.8. The summed E-state index contributed by atoms with van der Waals surface area (Å²) in [4.78, 5) is 19.7. The molecule has 4 rings (SSSR count). The number of rotatable bonds is 6. The van der Waals surface area contributed by atoms with E-state index in [4.69, 9.17) is 11.6 Å². The van der Waals surface area contributed by atoms with Crippen LogP contribution in [0.1, 0.15) is 25.7 Å². The van der Waals surface area contributed by atoms with E-state index in [-0.39, 0.29) is 11.9 Å². The normalized spacial score (nSPS) is 27.6. The Bertz CT molecular complexity index is 633. The summed E-state index contributed by atoms with van der Waals surface area (Å²) in [5.74, 6) is 1.87. The van der Waals surface area contributed by atoms with Crippen molar-refractivity contribution < 1.29 is 4.79 Å². The van der Waals surface area contributed by atoms with E-state index >= 15 is 0 Å². The molecule has 0 unspecified atom stereocenters. The number of amides is 1. The fourth-order valence-electron chi connectivity index (χ4n) is 4.46. The van der Waals surface area contributed by atoms with Crippen LogP contribution in [0.25, 0.3) is 0 Å². The molecule has 0 radical (unpaired) electrons. The fourth-order valence-corrected chi connectivity index (χ4v) is 4.70. The molecule has 25 heavy (non-hydrogen) atoms. The third kappa shape index (κ3) is 3.86. The van der Waals surface area contributed by atoms with Crippen LogP contribution < -0.4 is 4.90 Å². The van der Waals surface area contributed by atoms with Crippen molar-refractivity contribution in [1.82, 2.24) is 9.80 Å². The summed E-state index contributed by atoms with van der Waals surface area (Å²) >= 11 is 6.29. The second-order valence-electron chi connectivity index (χ2n) is 8.06. The Morgan fingerprint density at radius 2 is 1.84 bits per heavy atom. The first-order valence-corrected chi connectivity index (χ1v) is 9.98. The summed E-state index contributed by atoms with van der Waals surface area (Å²) in [7, 11) is 2.25. The number of likely N-dealkylation sites (tertiary alicyclic amines) is 1. The van der Waals surface area contributed by atoms with Gasteiger partial charge in [0.15, 0.2) is 0 Å². The highest BCUT2D eigenvalue weighted by molar-refractivity contribution is 6.33. The molecule has 0 spiro atoms. The van der Waals surface area contributed by atoms with Crippen LogP contribution in [0.5, 0.6) is 0 Å². The van der Waals surface area contributed by atoms with Gasteiger partial charge in [0.05, 0.1) is 16.8 Å². The first-order valence-electron chi connectivity index (χ1n) is 9.60. The van der Waals surface area contributed by atoms with Gasteiger partial charge in [0, 0.05) is 26.2 Å². The maximum Gasteiger partial charge on any atom is 0.244 e. The molecular weight excluding hydrogens is 334 g/mol. The van der Waals surface area contributed by atoms with Crippen molar-refractivity contribution in [3.8, 4) is 0 Å². The summed E-state index contributed by atoms with van der Waals surface area (Å²) in [6.07, 6.45) is 4.95. The molecule has 3 aliphatic rings. The molecule has 1 aromatic carbocycles. The lowest BCUT2D eigenvalue weighted by atomic mass is 10.1. The van der Waals surface area contributed by atoms with Crippen molar-refractivity contribution in [2.24, 2.45) is 11.8 Å². The van der Waals surface area contributed by atoms with Gasteiger partial charge in [-0.1, -0.05) is 23.7 Å². The van der Waals surface area contributed by atoms with Gasteiger partial charge >= 0.3 is 0 Å². The molecule has 1 saturated carbocycles. The average molecular weight is 362 g/mol. The number of para-hydroxylation sites is 1. The lowest BCUT2D eigenvalue weighted by Gasteiger charge is -2.25. The molecule has 2 aliphatic heterocycles. The number of halogens is 1. The zero-order valence-electron chi connectivity index (χ0n) is 15.0. The number of carbonyl (C=O) groups is 1. The highest BCUT2D eigenvalue weighted by Gasteiger charge is 2.40. The van der Waals surface area contributed by atoms with Crippen molar-refractivity contribution in [1.29, 1.82) is 0 Å². The Kier molecular flexibility index (Phi) is 5.03. The lowest BCUT2D eigenvalue weighted by molar-refractivity contribution is -0.121. The Balaban J connectivity index is 1.33. The number of nitrogens with zero attached hydrogens (tertiary/aromatic N) is 3. The molecule has 1 aliphatic carbocycles. The van der Waals surface area contributed by atoms with Gasteiger partial charge in [-0.25, -0.2) is 0 Å². The second-order valence-corrected chi connectivity index (χ2v) is 8.47. The Morgan fingerprint density at radius 3 is 2.60 bits per heavy atom. The largest absolute Gasteiger partial charge is 0.310 e. The smallest absolute Gasteiger partial charge is 0.244 e. The molecule has 0 N–H and O–H groups in total. The monoisotopic (exact) mass is 361 g/mol. The first-order chi connectivity index (χ1) is 12.1. The average Bonchev–Trinajstić information content (AvgIpc) is 3.14. The molecule has 1 aromatic rings. The number of anilines is 1. The van der Waals surface area contributed by atoms with E-state index < -0.39 is 0 Å². The highest BCUT2D eigenvalue weighted by Crippen LogP contribution is 2.33. The Labute approximate surface area is 155 Å². The lowest BCUT2D eigenvalue weighted by Crippen LogP contribution is -2.41. The van der Waals surface area contributed by atoms with E-state index in [2.05, 4.69) is 16.8 Å². The fraction of sp³-hybridized carbons (Fsp3) is 0.650. The minimum Gasteiger partial charge on any atom is -0.310 e. The maximum absolute atomic E-state index is 12.9. The van der Waals surface area contributed by atoms with Crippen LogP contribution in [0.3, 0.4) is 0 Å². The van der Waals surface area contributed by atoms with Crippen molar-refractivity contribution in [2.45, 2.75) is 31.7 Å². The van der Waals surface area contributed by atoms with Gasteiger partial charge in [-0.15, -0.1) is 0 Å². The molecule has 4 nitrogen and oxygen atoms in total. The van der Waals surface area contributed by atoms with Crippen molar-refractivity contribution >= 4 is 23.2 Å². The third-order valence-corrected chi connectivity index (χ3v) is 6.23. The number of hydrogen-bond donors (Lipinski definition) is 0. The summed E-state index contributed by atoms with van der Waals surface area (Å²) in [5, 5.41) is 0.664. The zero-order chi connectivity index (χ0) is 17.4. The van der Waals surface area contributed by atoms with E-state index in [0.29, 0.717) is 10.9 Å². The van der Waals surface area contributed by atoms with Crippen LogP contribution in [0.4, 0.5) is 5.69 Å². The molecule has 2 atom stereocenters. The molecule has 136 valence electrons. The number of benzene rings is 1. The second kappa shape index (κ2) is 7.26. The molecule has 0 bridgehead atoms. The van der Waals surface area contributed by atoms with E-state index in [9.17, 15) is 4.79 Å². The Morgan fingerprint density at radius 1 is 1.08 bits per heavy atom. The van der Waals surface area contributed by atoms with Gasteiger partial charge in [-0.05, 0) is 63.2 Å².